The molecule has 1 saturated carbocycles. The van der Waals surface area contributed by atoms with Gasteiger partial charge in [0.15, 0.2) is 0 Å². The van der Waals surface area contributed by atoms with Gasteiger partial charge in [0.25, 0.3) is 5.91 Å². The summed E-state index contributed by atoms with van der Waals surface area (Å²) in [5.74, 6) is 1.27. The zero-order valence-electron chi connectivity index (χ0n) is 18.6. The van der Waals surface area contributed by atoms with Gasteiger partial charge in [0, 0.05) is 17.8 Å². The van der Waals surface area contributed by atoms with Crippen molar-refractivity contribution in [3.05, 3.63) is 83.0 Å². The Morgan fingerprint density at radius 1 is 1.00 bits per heavy atom. The number of hydrogen-bond acceptors (Lipinski definition) is 4. The molecule has 1 heterocycles. The summed E-state index contributed by atoms with van der Waals surface area (Å²) in [6.45, 7) is 2.09. The largest absolute Gasteiger partial charge is 0.348 e. The molecule has 0 aliphatic heterocycles. The Hall–Kier alpha value is -3.21. The first-order chi connectivity index (χ1) is 15.7. The van der Waals surface area contributed by atoms with E-state index in [4.69, 9.17) is 4.98 Å². The molecule has 0 saturated heterocycles. The molecule has 0 unspecified atom stereocenters. The van der Waals surface area contributed by atoms with Crippen molar-refractivity contribution in [2.24, 2.45) is 0 Å². The third-order valence-electron chi connectivity index (χ3n) is 6.79. The van der Waals surface area contributed by atoms with Crippen molar-refractivity contribution in [3.8, 4) is 0 Å². The lowest BCUT2D eigenvalue weighted by atomic mass is 10.0. The van der Waals surface area contributed by atoms with Crippen LogP contribution in [-0.4, -0.2) is 21.9 Å². The Bertz CT molecular complexity index is 1090. The normalized spacial score (nSPS) is 16.5. The molecule has 1 atom stereocenters. The summed E-state index contributed by atoms with van der Waals surface area (Å²) in [5, 5.41) is 3.40. The maximum atomic E-state index is 13.7. The molecule has 5 heteroatoms. The zero-order valence-corrected chi connectivity index (χ0v) is 18.6. The Labute approximate surface area is 189 Å². The Balaban J connectivity index is 1.43. The van der Waals surface area contributed by atoms with Crippen LogP contribution in [0.1, 0.15) is 72.1 Å². The number of amides is 1. The highest BCUT2D eigenvalue weighted by Crippen LogP contribution is 2.31. The van der Waals surface area contributed by atoms with Crippen LogP contribution in [0.15, 0.2) is 60.8 Å². The van der Waals surface area contributed by atoms with Crippen molar-refractivity contribution in [1.82, 2.24) is 9.97 Å². The lowest BCUT2D eigenvalue weighted by Crippen LogP contribution is -2.39. The zero-order chi connectivity index (χ0) is 21.9. The van der Waals surface area contributed by atoms with Gasteiger partial charge in [-0.1, -0.05) is 49.2 Å². The van der Waals surface area contributed by atoms with Crippen LogP contribution in [0, 0.1) is 0 Å². The van der Waals surface area contributed by atoms with Gasteiger partial charge in [-0.05, 0) is 73.9 Å². The van der Waals surface area contributed by atoms with Crippen LogP contribution in [-0.2, 0) is 12.8 Å². The molecule has 1 aromatic heterocycles. The van der Waals surface area contributed by atoms with Gasteiger partial charge in [0.05, 0.1) is 6.04 Å². The standard InChI is InChI=1S/C27H30N4O/c1-19(20-8-3-2-4-9-20)29-27-28-17-16-25(30-27)31(24-12-5-6-13-24)26(32)23-15-14-21-10-7-11-22(21)18-23/h2-4,8-9,14-19,24H,5-7,10-13H2,1H3,(H,28,29,30)/t19-/m0/s1. The Morgan fingerprint density at radius 2 is 1.78 bits per heavy atom. The molecular formula is C27H30N4O. The van der Waals surface area contributed by atoms with E-state index in [0.29, 0.717) is 11.8 Å². The second kappa shape index (κ2) is 9.11. The molecule has 0 radical (unpaired) electrons. The number of carbonyl (C=O) groups excluding carboxylic acids is 1. The summed E-state index contributed by atoms with van der Waals surface area (Å²) in [6.07, 6.45) is 9.46. The van der Waals surface area contributed by atoms with Crippen LogP contribution in [0.25, 0.3) is 0 Å². The smallest absolute Gasteiger partial charge is 0.259 e. The molecule has 2 aromatic carbocycles. The SMILES string of the molecule is C[C@H](Nc1nccc(N(C(=O)c2ccc3c(c2)CCC3)C2CCCC2)n1)c1ccccc1. The van der Waals surface area contributed by atoms with Gasteiger partial charge in [-0.2, -0.15) is 4.98 Å². The van der Waals surface area contributed by atoms with Gasteiger partial charge < -0.3 is 5.32 Å². The van der Waals surface area contributed by atoms with Crippen molar-refractivity contribution in [2.75, 3.05) is 10.2 Å². The number of nitrogens with one attached hydrogen (secondary N) is 1. The minimum Gasteiger partial charge on any atom is -0.348 e. The van der Waals surface area contributed by atoms with Gasteiger partial charge in [0.2, 0.25) is 5.95 Å². The topological polar surface area (TPSA) is 58.1 Å². The average Bonchev–Trinajstić information content (AvgIpc) is 3.52. The van der Waals surface area contributed by atoms with E-state index in [-0.39, 0.29) is 18.0 Å². The number of fused-ring (bicyclic) bond motifs is 1. The van der Waals surface area contributed by atoms with E-state index in [2.05, 4.69) is 41.5 Å². The van der Waals surface area contributed by atoms with Crippen molar-refractivity contribution in [1.29, 1.82) is 0 Å². The second-order valence-corrected chi connectivity index (χ2v) is 8.97. The van der Waals surface area contributed by atoms with Crippen molar-refractivity contribution < 1.29 is 4.79 Å². The van der Waals surface area contributed by atoms with Gasteiger partial charge in [-0.15, -0.1) is 0 Å². The predicted octanol–water partition coefficient (Wildman–Crippen LogP) is 5.73. The monoisotopic (exact) mass is 426 g/mol. The van der Waals surface area contributed by atoms with Crippen LogP contribution in [0.3, 0.4) is 0 Å². The molecule has 5 nitrogen and oxygen atoms in total. The summed E-state index contributed by atoms with van der Waals surface area (Å²) >= 11 is 0. The first-order valence-corrected chi connectivity index (χ1v) is 11.8. The molecule has 1 N–H and O–H groups in total. The number of aryl methyl sites for hydroxylation is 2. The molecule has 0 spiro atoms. The number of aromatic nitrogens is 2. The van der Waals surface area contributed by atoms with Crippen LogP contribution in [0.5, 0.6) is 0 Å². The first-order valence-electron chi connectivity index (χ1n) is 11.8. The number of nitrogens with zero attached hydrogens (tertiary/aromatic N) is 3. The molecule has 0 bridgehead atoms. The molecule has 1 amide bonds. The summed E-state index contributed by atoms with van der Waals surface area (Å²) in [7, 11) is 0. The molecule has 1 fully saturated rings. The summed E-state index contributed by atoms with van der Waals surface area (Å²) in [5.41, 5.74) is 4.65. The van der Waals surface area contributed by atoms with Crippen molar-refractivity contribution in [3.63, 3.8) is 0 Å². The molecule has 2 aliphatic rings. The van der Waals surface area contributed by atoms with Crippen molar-refractivity contribution in [2.45, 2.75) is 64.0 Å². The van der Waals surface area contributed by atoms with Gasteiger partial charge in [-0.25, -0.2) is 4.98 Å². The van der Waals surface area contributed by atoms with E-state index in [1.165, 1.54) is 23.1 Å². The van der Waals surface area contributed by atoms with Gasteiger partial charge in [-0.3, -0.25) is 9.69 Å². The maximum absolute atomic E-state index is 13.7. The minimum atomic E-state index is 0.0485. The predicted molar refractivity (Wildman–Crippen MR) is 128 cm³/mol. The molecule has 164 valence electrons. The van der Waals surface area contributed by atoms with Crippen LogP contribution >= 0.6 is 0 Å². The summed E-state index contributed by atoms with van der Waals surface area (Å²) in [4.78, 5) is 24.9. The fraction of sp³-hybridized carbons (Fsp3) is 0.370. The van der Waals surface area contributed by atoms with Gasteiger partial charge in [0.1, 0.15) is 5.82 Å². The number of anilines is 2. The maximum Gasteiger partial charge on any atom is 0.259 e. The van der Waals surface area contributed by atoms with Crippen LogP contribution in [0.2, 0.25) is 0 Å². The lowest BCUT2D eigenvalue weighted by molar-refractivity contribution is 0.0976. The number of benzene rings is 2. The number of hydrogen-bond donors (Lipinski definition) is 1. The van der Waals surface area contributed by atoms with E-state index in [1.54, 1.807) is 6.20 Å². The highest BCUT2D eigenvalue weighted by Gasteiger charge is 2.30. The number of rotatable bonds is 6. The quantitative estimate of drug-likeness (QED) is 0.547. The summed E-state index contributed by atoms with van der Waals surface area (Å²) < 4.78 is 0. The van der Waals surface area contributed by atoms with Gasteiger partial charge >= 0.3 is 0 Å². The fourth-order valence-electron chi connectivity index (χ4n) is 5.03. The van der Waals surface area contributed by atoms with Crippen LogP contribution in [0.4, 0.5) is 11.8 Å². The molecular weight excluding hydrogens is 396 g/mol. The average molecular weight is 427 g/mol. The Morgan fingerprint density at radius 3 is 2.59 bits per heavy atom. The first kappa shape index (κ1) is 20.7. The Kier molecular flexibility index (Phi) is 5.89. The van der Waals surface area contributed by atoms with E-state index in [9.17, 15) is 4.79 Å². The van der Waals surface area contributed by atoms with E-state index in [0.717, 1.165) is 44.1 Å². The van der Waals surface area contributed by atoms with E-state index < -0.39 is 0 Å². The fourth-order valence-corrected chi connectivity index (χ4v) is 5.03. The van der Waals surface area contributed by atoms with Crippen LogP contribution < -0.4 is 10.2 Å². The molecule has 32 heavy (non-hydrogen) atoms. The lowest BCUT2D eigenvalue weighted by Gasteiger charge is -2.28. The van der Waals surface area contributed by atoms with Crippen molar-refractivity contribution >= 4 is 17.7 Å². The molecule has 5 rings (SSSR count). The molecule has 3 aromatic rings. The number of carbonyl (C=O) groups is 1. The highest BCUT2D eigenvalue weighted by atomic mass is 16.2. The molecule has 2 aliphatic carbocycles. The van der Waals surface area contributed by atoms with E-state index >= 15 is 0 Å². The van der Waals surface area contributed by atoms with E-state index in [1.807, 2.05) is 35.2 Å². The third-order valence-corrected chi connectivity index (χ3v) is 6.79. The minimum absolute atomic E-state index is 0.0485. The second-order valence-electron chi connectivity index (χ2n) is 8.97. The third kappa shape index (κ3) is 4.24. The summed E-state index contributed by atoms with van der Waals surface area (Å²) in [6, 6.07) is 18.6. The highest BCUT2D eigenvalue weighted by molar-refractivity contribution is 6.06.